The van der Waals surface area contributed by atoms with Crippen molar-refractivity contribution >= 4 is 33.7 Å². The number of carbonyl (C=O) groups excluding carboxylic acids is 2. The molecular weight excluding hydrogens is 372 g/mol. The Morgan fingerprint density at radius 2 is 1.69 bits per heavy atom. The summed E-state index contributed by atoms with van der Waals surface area (Å²) in [4.78, 5) is 23.7. The van der Waals surface area contributed by atoms with Gasteiger partial charge in [-0.15, -0.1) is 0 Å². The fourth-order valence-electron chi connectivity index (χ4n) is 3.07. The third-order valence-electron chi connectivity index (χ3n) is 4.50. The molecule has 0 saturated heterocycles. The van der Waals surface area contributed by atoms with Gasteiger partial charge in [-0.25, -0.2) is 4.79 Å². The van der Waals surface area contributed by atoms with Crippen LogP contribution in [0.4, 0.5) is 0 Å². The Hall–Kier alpha value is -3.80. The Balaban J connectivity index is 1.47. The summed E-state index contributed by atoms with van der Waals surface area (Å²) >= 11 is 0. The SMILES string of the molecule is COc1cc(C(C)=O)ccc1OCC(=O)Oc1ccc2oc3ccccc3c2c1. The monoisotopic (exact) mass is 390 g/mol. The van der Waals surface area contributed by atoms with Crippen LogP contribution in [-0.4, -0.2) is 25.5 Å². The number of fused-ring (bicyclic) bond motifs is 3. The lowest BCUT2D eigenvalue weighted by Gasteiger charge is -2.11. The molecule has 4 rings (SSSR count). The Labute approximate surface area is 166 Å². The number of hydrogen-bond acceptors (Lipinski definition) is 6. The Morgan fingerprint density at radius 3 is 2.48 bits per heavy atom. The molecule has 6 heteroatoms. The molecule has 1 heterocycles. The molecule has 0 aliphatic heterocycles. The van der Waals surface area contributed by atoms with E-state index in [9.17, 15) is 9.59 Å². The fourth-order valence-corrected chi connectivity index (χ4v) is 3.07. The van der Waals surface area contributed by atoms with Gasteiger partial charge in [-0.3, -0.25) is 4.79 Å². The molecule has 0 radical (unpaired) electrons. The molecule has 0 N–H and O–H groups in total. The molecule has 0 saturated carbocycles. The van der Waals surface area contributed by atoms with Gasteiger partial charge >= 0.3 is 5.97 Å². The second kappa shape index (κ2) is 7.67. The van der Waals surface area contributed by atoms with Gasteiger partial charge in [0.25, 0.3) is 0 Å². The smallest absolute Gasteiger partial charge is 0.349 e. The maximum atomic E-state index is 12.2. The third-order valence-corrected chi connectivity index (χ3v) is 4.50. The van der Waals surface area contributed by atoms with Crippen molar-refractivity contribution in [2.24, 2.45) is 0 Å². The van der Waals surface area contributed by atoms with Crippen LogP contribution in [0.5, 0.6) is 17.2 Å². The fraction of sp³-hybridized carbons (Fsp3) is 0.130. The zero-order valence-corrected chi connectivity index (χ0v) is 15.9. The summed E-state index contributed by atoms with van der Waals surface area (Å²) in [5, 5.41) is 1.82. The van der Waals surface area contributed by atoms with Crippen molar-refractivity contribution in [1.29, 1.82) is 0 Å². The summed E-state index contributed by atoms with van der Waals surface area (Å²) in [5.74, 6) is 0.477. The highest BCUT2D eigenvalue weighted by Gasteiger charge is 2.13. The quantitative estimate of drug-likeness (QED) is 0.268. The minimum absolute atomic E-state index is 0.0866. The average molecular weight is 390 g/mol. The first kappa shape index (κ1) is 18.6. The first-order chi connectivity index (χ1) is 14.0. The molecule has 6 nitrogen and oxygen atoms in total. The normalized spacial score (nSPS) is 10.8. The van der Waals surface area contributed by atoms with Crippen LogP contribution in [0, 0.1) is 0 Å². The van der Waals surface area contributed by atoms with E-state index < -0.39 is 5.97 Å². The van der Waals surface area contributed by atoms with E-state index >= 15 is 0 Å². The van der Waals surface area contributed by atoms with E-state index in [0.29, 0.717) is 22.8 Å². The number of para-hydroxylation sites is 1. The van der Waals surface area contributed by atoms with Gasteiger partial charge in [-0.2, -0.15) is 0 Å². The van der Waals surface area contributed by atoms with Gasteiger partial charge in [-0.1, -0.05) is 18.2 Å². The van der Waals surface area contributed by atoms with E-state index in [4.69, 9.17) is 18.6 Å². The molecule has 3 aromatic carbocycles. The number of ether oxygens (including phenoxy) is 3. The first-order valence-electron chi connectivity index (χ1n) is 8.99. The number of esters is 1. The van der Waals surface area contributed by atoms with Gasteiger partial charge in [0, 0.05) is 16.3 Å². The van der Waals surface area contributed by atoms with Gasteiger partial charge in [0.15, 0.2) is 23.9 Å². The van der Waals surface area contributed by atoms with Crippen molar-refractivity contribution in [2.75, 3.05) is 13.7 Å². The molecule has 29 heavy (non-hydrogen) atoms. The van der Waals surface area contributed by atoms with Crippen molar-refractivity contribution in [3.05, 3.63) is 66.2 Å². The summed E-state index contributed by atoms with van der Waals surface area (Å²) in [6.45, 7) is 1.16. The maximum absolute atomic E-state index is 12.2. The number of benzene rings is 3. The van der Waals surface area contributed by atoms with E-state index in [-0.39, 0.29) is 12.4 Å². The number of carbonyl (C=O) groups is 2. The van der Waals surface area contributed by atoms with E-state index in [1.54, 1.807) is 36.4 Å². The number of Topliss-reactive ketones (excluding diaryl/α,β-unsaturated/α-hetero) is 1. The molecule has 0 atom stereocenters. The standard InChI is InChI=1S/C23H18O6/c1-14(24)15-7-9-21(22(11-15)26-2)27-13-23(25)28-16-8-10-20-18(12-16)17-5-3-4-6-19(17)29-20/h3-12H,13H2,1-2H3. The van der Waals surface area contributed by atoms with Crippen molar-refractivity contribution in [3.8, 4) is 17.2 Å². The van der Waals surface area contributed by atoms with E-state index in [2.05, 4.69) is 0 Å². The summed E-state index contributed by atoms with van der Waals surface area (Å²) in [5.41, 5.74) is 1.99. The van der Waals surface area contributed by atoms with Crippen molar-refractivity contribution in [3.63, 3.8) is 0 Å². The highest BCUT2D eigenvalue weighted by molar-refractivity contribution is 6.05. The Morgan fingerprint density at radius 1 is 0.897 bits per heavy atom. The zero-order valence-electron chi connectivity index (χ0n) is 15.9. The number of ketones is 1. The molecule has 0 aliphatic carbocycles. The molecule has 1 aromatic heterocycles. The van der Waals surface area contributed by atoms with Crippen LogP contribution in [-0.2, 0) is 4.79 Å². The van der Waals surface area contributed by atoms with E-state index in [1.807, 2.05) is 24.3 Å². The van der Waals surface area contributed by atoms with Crippen LogP contribution < -0.4 is 14.2 Å². The van der Waals surface area contributed by atoms with E-state index in [1.165, 1.54) is 14.0 Å². The average Bonchev–Trinajstić information content (AvgIpc) is 3.10. The predicted molar refractivity (Wildman–Crippen MR) is 108 cm³/mol. The molecule has 0 bridgehead atoms. The van der Waals surface area contributed by atoms with Crippen LogP contribution >= 0.6 is 0 Å². The van der Waals surface area contributed by atoms with Crippen molar-refractivity contribution < 1.29 is 28.2 Å². The minimum Gasteiger partial charge on any atom is -0.493 e. The minimum atomic E-state index is -0.560. The molecule has 146 valence electrons. The number of rotatable bonds is 6. The first-order valence-corrected chi connectivity index (χ1v) is 8.99. The largest absolute Gasteiger partial charge is 0.493 e. The second-order valence-electron chi connectivity index (χ2n) is 6.44. The Bertz CT molecular complexity index is 1220. The van der Waals surface area contributed by atoms with Gasteiger partial charge in [-0.05, 0) is 49.4 Å². The summed E-state index contributed by atoms with van der Waals surface area (Å²) in [7, 11) is 1.47. The van der Waals surface area contributed by atoms with Gasteiger partial charge in [0.1, 0.15) is 16.9 Å². The highest BCUT2D eigenvalue weighted by atomic mass is 16.6. The van der Waals surface area contributed by atoms with Crippen LogP contribution in [0.15, 0.2) is 65.1 Å². The third kappa shape index (κ3) is 3.78. The van der Waals surface area contributed by atoms with Crippen LogP contribution in [0.25, 0.3) is 21.9 Å². The topological polar surface area (TPSA) is 75.0 Å². The van der Waals surface area contributed by atoms with E-state index in [0.717, 1.165) is 21.9 Å². The lowest BCUT2D eigenvalue weighted by atomic mass is 10.1. The highest BCUT2D eigenvalue weighted by Crippen LogP contribution is 2.31. The maximum Gasteiger partial charge on any atom is 0.349 e. The van der Waals surface area contributed by atoms with Gasteiger partial charge < -0.3 is 18.6 Å². The Kier molecular flexibility index (Phi) is 4.91. The molecule has 4 aromatic rings. The van der Waals surface area contributed by atoms with Crippen molar-refractivity contribution in [1.82, 2.24) is 0 Å². The van der Waals surface area contributed by atoms with Crippen LogP contribution in [0.2, 0.25) is 0 Å². The molecule has 0 fully saturated rings. The predicted octanol–water partition coefficient (Wildman–Crippen LogP) is 4.78. The molecule has 0 spiro atoms. The number of hydrogen-bond donors (Lipinski definition) is 0. The number of furan rings is 1. The lowest BCUT2D eigenvalue weighted by Crippen LogP contribution is -2.18. The zero-order chi connectivity index (χ0) is 20.4. The second-order valence-corrected chi connectivity index (χ2v) is 6.44. The summed E-state index contributed by atoms with van der Waals surface area (Å²) in [6.07, 6.45) is 0. The van der Waals surface area contributed by atoms with Crippen molar-refractivity contribution in [2.45, 2.75) is 6.92 Å². The van der Waals surface area contributed by atoms with Gasteiger partial charge in [0.05, 0.1) is 7.11 Å². The number of methoxy groups -OCH3 is 1. The summed E-state index contributed by atoms with van der Waals surface area (Å²) < 4.78 is 21.9. The molecule has 0 aliphatic rings. The lowest BCUT2D eigenvalue weighted by molar-refractivity contribution is -0.136. The summed E-state index contributed by atoms with van der Waals surface area (Å²) in [6, 6.07) is 17.6. The molecular formula is C23H18O6. The molecule has 0 amide bonds. The molecule has 0 unspecified atom stereocenters. The van der Waals surface area contributed by atoms with Crippen LogP contribution in [0.1, 0.15) is 17.3 Å². The van der Waals surface area contributed by atoms with Gasteiger partial charge in [0.2, 0.25) is 0 Å². The van der Waals surface area contributed by atoms with Crippen LogP contribution in [0.3, 0.4) is 0 Å².